The lowest BCUT2D eigenvalue weighted by Gasteiger charge is -2.10. The highest BCUT2D eigenvalue weighted by Crippen LogP contribution is 2.22. The number of carbonyl (C=O) groups is 1. The number of nitro benzene ring substituents is 1. The van der Waals surface area contributed by atoms with Crippen LogP contribution in [-0.4, -0.2) is 23.5 Å². The monoisotopic (exact) mass is 360 g/mol. The number of carbonyl (C=O) groups excluding carboxylic acids is 1. The van der Waals surface area contributed by atoms with Gasteiger partial charge in [-0.05, 0) is 51.0 Å². The van der Waals surface area contributed by atoms with Gasteiger partial charge < -0.3 is 10.1 Å². The average molecular weight is 360 g/mol. The first kappa shape index (κ1) is 19.4. The number of benzene rings is 2. The van der Waals surface area contributed by atoms with Crippen molar-refractivity contribution in [2.75, 3.05) is 6.54 Å². The van der Waals surface area contributed by atoms with Crippen molar-refractivity contribution in [1.29, 1.82) is 0 Å². The fraction of sp³-hybridized carbons (Fsp3) is 0.316. The topological polar surface area (TPSA) is 81.5 Å². The molecule has 138 valence electrons. The van der Waals surface area contributed by atoms with Crippen LogP contribution in [0, 0.1) is 22.9 Å². The molecule has 6 nitrogen and oxygen atoms in total. The largest absolute Gasteiger partial charge is 0.491 e. The number of amides is 1. The van der Waals surface area contributed by atoms with E-state index in [2.05, 4.69) is 5.32 Å². The van der Waals surface area contributed by atoms with Crippen LogP contribution in [0.3, 0.4) is 0 Å². The molecule has 0 aliphatic carbocycles. The van der Waals surface area contributed by atoms with E-state index in [9.17, 15) is 19.3 Å². The summed E-state index contributed by atoms with van der Waals surface area (Å²) in [7, 11) is 0. The van der Waals surface area contributed by atoms with Gasteiger partial charge in [0.25, 0.3) is 11.6 Å². The van der Waals surface area contributed by atoms with Crippen molar-refractivity contribution >= 4 is 11.6 Å². The van der Waals surface area contributed by atoms with Crippen molar-refractivity contribution < 1.29 is 18.8 Å². The zero-order valence-corrected chi connectivity index (χ0v) is 14.9. The third-order valence-corrected chi connectivity index (χ3v) is 3.77. The number of rotatable bonds is 7. The number of hydrogen-bond donors (Lipinski definition) is 1. The summed E-state index contributed by atoms with van der Waals surface area (Å²) in [5, 5.41) is 13.6. The maximum absolute atomic E-state index is 13.8. The first-order valence-electron chi connectivity index (χ1n) is 8.26. The van der Waals surface area contributed by atoms with Crippen LogP contribution in [0.5, 0.6) is 5.75 Å². The fourth-order valence-electron chi connectivity index (χ4n) is 2.41. The Morgan fingerprint density at radius 1 is 1.27 bits per heavy atom. The van der Waals surface area contributed by atoms with Crippen molar-refractivity contribution in [2.45, 2.75) is 33.3 Å². The lowest BCUT2D eigenvalue weighted by atomic mass is 10.1. The smallest absolute Gasteiger partial charge is 0.276 e. The lowest BCUT2D eigenvalue weighted by molar-refractivity contribution is -0.385. The van der Waals surface area contributed by atoms with Crippen molar-refractivity contribution in [2.24, 2.45) is 0 Å². The number of hydrogen-bond acceptors (Lipinski definition) is 4. The minimum Gasteiger partial charge on any atom is -0.491 e. The molecule has 26 heavy (non-hydrogen) atoms. The quantitative estimate of drug-likeness (QED) is 0.601. The predicted octanol–water partition coefficient (Wildman–Crippen LogP) is 3.80. The van der Waals surface area contributed by atoms with E-state index >= 15 is 0 Å². The Bertz CT molecular complexity index is 804. The van der Waals surface area contributed by atoms with Gasteiger partial charge in [-0.1, -0.05) is 12.1 Å². The Labute approximate surface area is 151 Å². The van der Waals surface area contributed by atoms with E-state index in [1.807, 2.05) is 38.1 Å². The van der Waals surface area contributed by atoms with E-state index in [1.165, 1.54) is 6.92 Å². The molecule has 2 rings (SSSR count). The molecule has 1 amide bonds. The Morgan fingerprint density at radius 3 is 2.50 bits per heavy atom. The zero-order valence-electron chi connectivity index (χ0n) is 14.9. The maximum atomic E-state index is 13.8. The second kappa shape index (κ2) is 8.42. The minimum absolute atomic E-state index is 0.0690. The summed E-state index contributed by atoms with van der Waals surface area (Å²) in [6, 6.07) is 9.62. The molecule has 0 aliphatic rings. The molecule has 0 aliphatic heterocycles. The van der Waals surface area contributed by atoms with Crippen molar-refractivity contribution in [3.05, 3.63) is 69.0 Å². The van der Waals surface area contributed by atoms with Crippen LogP contribution < -0.4 is 10.1 Å². The highest BCUT2D eigenvalue weighted by Gasteiger charge is 2.19. The van der Waals surface area contributed by atoms with Gasteiger partial charge in [0.2, 0.25) is 0 Å². The molecule has 0 heterocycles. The summed E-state index contributed by atoms with van der Waals surface area (Å²) >= 11 is 0. The molecule has 2 aromatic rings. The summed E-state index contributed by atoms with van der Waals surface area (Å²) in [5.41, 5.74) is 0.439. The molecule has 0 fully saturated rings. The van der Waals surface area contributed by atoms with Crippen LogP contribution in [0.4, 0.5) is 10.1 Å². The van der Waals surface area contributed by atoms with Gasteiger partial charge in [-0.15, -0.1) is 0 Å². The first-order valence-corrected chi connectivity index (χ1v) is 8.26. The van der Waals surface area contributed by atoms with Crippen LogP contribution in [-0.2, 0) is 6.42 Å². The molecule has 0 spiro atoms. The molecule has 0 bridgehead atoms. The van der Waals surface area contributed by atoms with Crippen molar-refractivity contribution in [3.63, 3.8) is 0 Å². The summed E-state index contributed by atoms with van der Waals surface area (Å²) < 4.78 is 19.3. The van der Waals surface area contributed by atoms with Crippen LogP contribution in [0.15, 0.2) is 36.4 Å². The van der Waals surface area contributed by atoms with Gasteiger partial charge in [0.1, 0.15) is 11.6 Å². The van der Waals surface area contributed by atoms with Gasteiger partial charge in [-0.25, -0.2) is 4.39 Å². The average Bonchev–Trinajstić information content (AvgIpc) is 2.57. The molecule has 0 radical (unpaired) electrons. The van der Waals surface area contributed by atoms with E-state index in [0.29, 0.717) is 13.0 Å². The molecule has 7 heteroatoms. The van der Waals surface area contributed by atoms with Gasteiger partial charge in [0.15, 0.2) is 0 Å². The van der Waals surface area contributed by atoms with Crippen molar-refractivity contribution in [1.82, 2.24) is 5.32 Å². The van der Waals surface area contributed by atoms with E-state index in [-0.39, 0.29) is 17.2 Å². The van der Waals surface area contributed by atoms with Crippen molar-refractivity contribution in [3.8, 4) is 5.75 Å². The number of halogens is 1. The second-order valence-electron chi connectivity index (χ2n) is 6.18. The minimum atomic E-state index is -0.773. The number of ether oxygens (including phenoxy) is 1. The van der Waals surface area contributed by atoms with Gasteiger partial charge in [-0.2, -0.15) is 0 Å². The third kappa shape index (κ3) is 5.02. The molecule has 1 N–H and O–H groups in total. The van der Waals surface area contributed by atoms with Gasteiger partial charge >= 0.3 is 0 Å². The number of nitro groups is 1. The number of nitrogens with zero attached hydrogens (tertiary/aromatic N) is 1. The molecular weight excluding hydrogens is 339 g/mol. The van der Waals surface area contributed by atoms with E-state index in [4.69, 9.17) is 4.74 Å². The van der Waals surface area contributed by atoms with Crippen LogP contribution in [0.25, 0.3) is 0 Å². The Balaban J connectivity index is 1.96. The highest BCUT2D eigenvalue weighted by atomic mass is 19.1. The molecule has 0 unspecified atom stereocenters. The Morgan fingerprint density at radius 2 is 1.92 bits per heavy atom. The summed E-state index contributed by atoms with van der Waals surface area (Å²) in [4.78, 5) is 22.4. The fourth-order valence-corrected chi connectivity index (χ4v) is 2.41. The maximum Gasteiger partial charge on any atom is 0.276 e. The van der Waals surface area contributed by atoms with E-state index < -0.39 is 22.3 Å². The lowest BCUT2D eigenvalue weighted by Crippen LogP contribution is -2.26. The summed E-state index contributed by atoms with van der Waals surface area (Å²) in [5.74, 6) is -0.549. The number of nitrogens with one attached hydrogen (secondary N) is 1. The molecular formula is C19H21FN2O4. The molecule has 0 saturated carbocycles. The summed E-state index contributed by atoms with van der Waals surface area (Å²) in [6.45, 7) is 5.53. The van der Waals surface area contributed by atoms with Crippen LogP contribution in [0.1, 0.15) is 35.3 Å². The van der Waals surface area contributed by atoms with Crippen LogP contribution >= 0.6 is 0 Å². The normalized spacial score (nSPS) is 10.7. The summed E-state index contributed by atoms with van der Waals surface area (Å²) in [6.07, 6.45) is 0.670. The first-order chi connectivity index (χ1) is 12.3. The molecule has 0 aromatic heterocycles. The molecule has 0 saturated heterocycles. The Hall–Kier alpha value is -2.96. The van der Waals surface area contributed by atoms with E-state index in [1.54, 1.807) is 0 Å². The van der Waals surface area contributed by atoms with E-state index in [0.717, 1.165) is 23.4 Å². The molecule has 0 atom stereocenters. The standard InChI is InChI=1S/C19H21FN2O4/c1-12(2)26-16-6-4-14(5-7-16)8-9-21-19(23)15-10-17(20)13(3)18(11-15)22(24)25/h4-7,10-12H,8-9H2,1-3H3,(H,21,23). The van der Waals surface area contributed by atoms with Gasteiger partial charge in [-0.3, -0.25) is 14.9 Å². The van der Waals surface area contributed by atoms with Crippen LogP contribution in [0.2, 0.25) is 0 Å². The third-order valence-electron chi connectivity index (χ3n) is 3.77. The molecule has 2 aromatic carbocycles. The Kier molecular flexibility index (Phi) is 6.27. The van der Waals surface area contributed by atoms with Gasteiger partial charge in [0, 0.05) is 18.2 Å². The zero-order chi connectivity index (χ0) is 19.3. The highest BCUT2D eigenvalue weighted by molar-refractivity contribution is 5.95. The van der Waals surface area contributed by atoms with Gasteiger partial charge in [0.05, 0.1) is 16.6 Å². The second-order valence-corrected chi connectivity index (χ2v) is 6.18. The predicted molar refractivity (Wildman–Crippen MR) is 96.0 cm³/mol. The SMILES string of the molecule is Cc1c(F)cc(C(=O)NCCc2ccc(OC(C)C)cc2)cc1[N+](=O)[O-].